The number of ether oxygens (including phenoxy) is 1. The molecule has 13 nitrogen and oxygen atoms in total. The van der Waals surface area contributed by atoms with Gasteiger partial charge in [-0.2, -0.15) is 33.7 Å². The van der Waals surface area contributed by atoms with E-state index in [1.165, 1.54) is 12.8 Å². The van der Waals surface area contributed by atoms with Crippen molar-refractivity contribution in [2.45, 2.75) is 97.1 Å². The lowest BCUT2D eigenvalue weighted by Crippen LogP contribution is -2.13. The first-order valence-electron chi connectivity index (χ1n) is 12.8. The van der Waals surface area contributed by atoms with E-state index in [2.05, 4.69) is 6.92 Å². The second-order valence-electron chi connectivity index (χ2n) is 9.40. The molecule has 0 saturated carbocycles. The van der Waals surface area contributed by atoms with Crippen LogP contribution in [-0.4, -0.2) is 51.9 Å². The predicted octanol–water partition coefficient (Wildman–Crippen LogP) is 4.93. The third kappa shape index (κ3) is 10.3. The third-order valence-corrected chi connectivity index (χ3v) is 10.1. The summed E-state index contributed by atoms with van der Waals surface area (Å²) in [5.41, 5.74) is -0.0388. The van der Waals surface area contributed by atoms with Crippen LogP contribution >= 0.6 is 0 Å². The van der Waals surface area contributed by atoms with Gasteiger partial charge in [-0.3, -0.25) is 18.2 Å². The molecule has 0 atom stereocenters. The Kier molecular flexibility index (Phi) is 12.3. The third-order valence-electron chi connectivity index (χ3n) is 6.18. The van der Waals surface area contributed by atoms with Crippen LogP contribution in [0.5, 0.6) is 11.5 Å². The largest absolute Gasteiger partial charge is 0.454 e. The van der Waals surface area contributed by atoms with Gasteiger partial charge in [-0.15, -0.1) is 0 Å². The number of unbranched alkanes of at least 4 members (excludes halogenated alkanes) is 9. The van der Waals surface area contributed by atoms with Crippen LogP contribution in [0.4, 0.5) is 0 Å². The van der Waals surface area contributed by atoms with Crippen molar-refractivity contribution in [2.24, 2.45) is 0 Å². The maximum atomic E-state index is 12.3. The van der Waals surface area contributed by atoms with E-state index in [4.69, 9.17) is 4.74 Å². The van der Waals surface area contributed by atoms with Gasteiger partial charge in [0.15, 0.2) is 15.5 Å². The molecule has 0 unspecified atom stereocenters. The molecule has 41 heavy (non-hydrogen) atoms. The van der Waals surface area contributed by atoms with Crippen molar-refractivity contribution in [1.29, 1.82) is 0 Å². The standard InChI is InChI=1S/C24H34O13S4/c1-2-3-4-5-6-7-8-9-10-11-13-18-16-17-21(39(28,29)30)24(41(34,35)36)22(18)37-19-14-12-15-20(38(25,26)27)23(19)40(31,32)33/h12,14-17H,2-11,13H2,1H3,(H,25,26,27)(H,28,29,30)(H,31,32,33)(H,34,35,36). The Hall–Kier alpha value is -2.12. The minimum atomic E-state index is -5.47. The number of hydrogen-bond donors (Lipinski definition) is 4. The van der Waals surface area contributed by atoms with Crippen LogP contribution in [0.3, 0.4) is 0 Å². The Balaban J connectivity index is 2.52. The Morgan fingerprint density at radius 1 is 0.561 bits per heavy atom. The molecule has 0 aromatic heterocycles. The van der Waals surface area contributed by atoms with Crippen LogP contribution in [0, 0.1) is 0 Å². The molecule has 0 spiro atoms. The molecule has 4 N–H and O–H groups in total. The number of hydrogen-bond acceptors (Lipinski definition) is 9. The molecule has 2 aromatic rings. The quantitative estimate of drug-likeness (QED) is 0.131. The molecule has 232 valence electrons. The van der Waals surface area contributed by atoms with Crippen LogP contribution in [0.2, 0.25) is 0 Å². The van der Waals surface area contributed by atoms with E-state index in [9.17, 15) is 51.9 Å². The monoisotopic (exact) mass is 658 g/mol. The Labute approximate surface area is 240 Å². The fraction of sp³-hybridized carbons (Fsp3) is 0.500. The molecule has 17 heteroatoms. The van der Waals surface area contributed by atoms with E-state index in [1.807, 2.05) is 0 Å². The van der Waals surface area contributed by atoms with Gasteiger partial charge in [0.2, 0.25) is 0 Å². The van der Waals surface area contributed by atoms with E-state index >= 15 is 0 Å². The molecular weight excluding hydrogens is 625 g/mol. The Bertz CT molecular complexity index is 1650. The summed E-state index contributed by atoms with van der Waals surface area (Å²) in [5.74, 6) is -1.93. The lowest BCUT2D eigenvalue weighted by Gasteiger charge is -2.18. The molecule has 0 amide bonds. The molecule has 0 bridgehead atoms. The SMILES string of the molecule is CCCCCCCCCCCCc1ccc(S(=O)(=O)O)c(S(=O)(=O)O)c1Oc1cccc(S(=O)(=O)O)c1S(=O)(=O)O. The molecule has 2 rings (SSSR count). The van der Waals surface area contributed by atoms with E-state index in [-0.39, 0.29) is 12.0 Å². The van der Waals surface area contributed by atoms with Gasteiger partial charge < -0.3 is 4.74 Å². The maximum absolute atomic E-state index is 12.3. The van der Waals surface area contributed by atoms with Crippen LogP contribution in [0.1, 0.15) is 76.7 Å². The molecule has 0 aliphatic rings. The topological polar surface area (TPSA) is 227 Å². The van der Waals surface area contributed by atoms with Gasteiger partial charge in [0.05, 0.1) is 0 Å². The lowest BCUT2D eigenvalue weighted by molar-refractivity contribution is 0.414. The Morgan fingerprint density at radius 2 is 1.02 bits per heavy atom. The second-order valence-corrected chi connectivity index (χ2v) is 14.9. The fourth-order valence-electron chi connectivity index (χ4n) is 4.29. The highest BCUT2D eigenvalue weighted by Gasteiger charge is 2.34. The summed E-state index contributed by atoms with van der Waals surface area (Å²) in [5, 5.41) is 0. The predicted molar refractivity (Wildman–Crippen MR) is 148 cm³/mol. The maximum Gasteiger partial charge on any atom is 0.299 e. The summed E-state index contributed by atoms with van der Waals surface area (Å²) >= 11 is 0. The van der Waals surface area contributed by atoms with Gasteiger partial charge >= 0.3 is 0 Å². The van der Waals surface area contributed by atoms with Crippen molar-refractivity contribution in [3.05, 3.63) is 35.9 Å². The van der Waals surface area contributed by atoms with Crippen molar-refractivity contribution in [3.8, 4) is 11.5 Å². The van der Waals surface area contributed by atoms with Crippen LogP contribution in [0.15, 0.2) is 49.9 Å². The molecule has 0 aliphatic carbocycles. The number of benzene rings is 2. The first kappa shape index (κ1) is 35.1. The highest BCUT2D eigenvalue weighted by Crippen LogP contribution is 2.41. The minimum Gasteiger partial charge on any atom is -0.454 e. The van der Waals surface area contributed by atoms with Crippen molar-refractivity contribution in [3.63, 3.8) is 0 Å². The molecule has 0 saturated heterocycles. The summed E-state index contributed by atoms with van der Waals surface area (Å²) < 4.78 is 140. The highest BCUT2D eigenvalue weighted by atomic mass is 32.2. The van der Waals surface area contributed by atoms with Crippen molar-refractivity contribution < 1.29 is 56.6 Å². The molecular formula is C24H34O13S4. The van der Waals surface area contributed by atoms with Crippen LogP contribution < -0.4 is 4.74 Å². The first-order valence-corrected chi connectivity index (χ1v) is 18.5. The van der Waals surface area contributed by atoms with Gasteiger partial charge in [-0.1, -0.05) is 76.8 Å². The molecule has 0 heterocycles. The zero-order valence-electron chi connectivity index (χ0n) is 22.3. The molecule has 0 aliphatic heterocycles. The molecule has 0 fully saturated rings. The first-order chi connectivity index (χ1) is 18.9. The van der Waals surface area contributed by atoms with Gasteiger partial charge in [0, 0.05) is 0 Å². The van der Waals surface area contributed by atoms with Gasteiger partial charge in [0.25, 0.3) is 40.5 Å². The van der Waals surface area contributed by atoms with Gasteiger partial charge in [0.1, 0.15) is 15.5 Å². The zero-order valence-corrected chi connectivity index (χ0v) is 25.5. The summed E-state index contributed by atoms with van der Waals surface area (Å²) in [6.07, 6.45) is 9.75. The average Bonchev–Trinajstić information content (AvgIpc) is 2.83. The zero-order chi connectivity index (χ0) is 31.1. The smallest absolute Gasteiger partial charge is 0.299 e. The van der Waals surface area contributed by atoms with E-state index < -0.39 is 71.6 Å². The Morgan fingerprint density at radius 3 is 1.49 bits per heavy atom. The highest BCUT2D eigenvalue weighted by molar-refractivity contribution is 7.89. The number of aryl methyl sites for hydroxylation is 1. The summed E-state index contributed by atoms with van der Waals surface area (Å²) in [6.45, 7) is 2.13. The summed E-state index contributed by atoms with van der Waals surface area (Å²) in [7, 11) is -21.5. The fourth-order valence-corrected chi connectivity index (χ4v) is 8.12. The second kappa shape index (κ2) is 14.4. The van der Waals surface area contributed by atoms with Crippen molar-refractivity contribution in [2.75, 3.05) is 0 Å². The normalized spacial score (nSPS) is 12.9. The lowest BCUT2D eigenvalue weighted by atomic mass is 10.0. The van der Waals surface area contributed by atoms with E-state index in [0.29, 0.717) is 18.9 Å². The van der Waals surface area contributed by atoms with Gasteiger partial charge in [-0.05, 0) is 36.6 Å². The molecule has 2 aromatic carbocycles. The minimum absolute atomic E-state index is 0.0388. The molecule has 0 radical (unpaired) electrons. The van der Waals surface area contributed by atoms with Crippen LogP contribution in [0.25, 0.3) is 0 Å². The van der Waals surface area contributed by atoms with Crippen LogP contribution in [-0.2, 0) is 46.9 Å². The summed E-state index contributed by atoms with van der Waals surface area (Å²) in [4.78, 5) is -5.50. The summed E-state index contributed by atoms with van der Waals surface area (Å²) in [6, 6.07) is 4.12. The number of rotatable bonds is 17. The van der Waals surface area contributed by atoms with E-state index in [0.717, 1.165) is 62.8 Å². The van der Waals surface area contributed by atoms with Crippen molar-refractivity contribution in [1.82, 2.24) is 0 Å². The van der Waals surface area contributed by atoms with Crippen molar-refractivity contribution >= 4 is 40.5 Å². The van der Waals surface area contributed by atoms with Gasteiger partial charge in [-0.25, -0.2) is 0 Å². The van der Waals surface area contributed by atoms with E-state index in [1.54, 1.807) is 0 Å². The average molecular weight is 659 g/mol.